The molecule has 0 aromatic heterocycles. The van der Waals surface area contributed by atoms with E-state index in [2.05, 4.69) is 175 Å². The number of nitrogens with one attached hydrogen (secondary N) is 3. The predicted molar refractivity (Wildman–Crippen MR) is 335 cm³/mol. The Labute approximate surface area is 491 Å². The molecule has 3 aliphatic rings. The minimum atomic E-state index is -4.33. The van der Waals surface area contributed by atoms with Crippen molar-refractivity contribution in [2.75, 3.05) is 42.6 Å². The minimum absolute atomic E-state index is 0.115. The first-order valence-electron chi connectivity index (χ1n) is 29.1. The number of carbonyl (C=O) groups is 1. The van der Waals surface area contributed by atoms with Gasteiger partial charge in [-0.15, -0.1) is 0 Å². The minimum Gasteiger partial charge on any atom is -0.748 e. The fraction of sp³-hybridized carbons (Fsp3) is 0.353. The van der Waals surface area contributed by atoms with E-state index in [4.69, 9.17) is 4.74 Å². The Morgan fingerprint density at radius 3 is 1.96 bits per heavy atom. The lowest BCUT2D eigenvalue weighted by Crippen LogP contribution is -2.28. The summed E-state index contributed by atoms with van der Waals surface area (Å²) in [5.41, 5.74) is 12.1. The number of allylic oxidation sites excluding steroid dienone is 7. The Morgan fingerprint density at radius 1 is 0.699 bits per heavy atom. The van der Waals surface area contributed by atoms with Crippen molar-refractivity contribution in [3.8, 4) is 5.75 Å². The van der Waals surface area contributed by atoms with Crippen LogP contribution in [-0.2, 0) is 55.5 Å². The Bertz CT molecular complexity index is 3740. The molecule has 2 aliphatic heterocycles. The molecule has 0 bridgehead atoms. The summed E-state index contributed by atoms with van der Waals surface area (Å²) in [5.74, 6) is 0.697. The van der Waals surface area contributed by atoms with Crippen LogP contribution in [0.1, 0.15) is 114 Å². The number of carbonyl (C=O) groups excluding carboxylic acids is 1. The van der Waals surface area contributed by atoms with Crippen LogP contribution >= 0.6 is 0 Å². The van der Waals surface area contributed by atoms with Crippen LogP contribution in [0.25, 0.3) is 21.5 Å². The zero-order valence-electron chi connectivity index (χ0n) is 48.6. The summed E-state index contributed by atoms with van der Waals surface area (Å²) in [6.45, 7) is 18.8. The van der Waals surface area contributed by atoms with Gasteiger partial charge in [0.1, 0.15) is 18.1 Å². The van der Waals surface area contributed by atoms with Crippen LogP contribution in [0.15, 0.2) is 180 Å². The average Bonchev–Trinajstić information content (AvgIpc) is 2.65. The van der Waals surface area contributed by atoms with Crippen molar-refractivity contribution in [3.63, 3.8) is 0 Å². The van der Waals surface area contributed by atoms with E-state index in [1.807, 2.05) is 30.3 Å². The summed E-state index contributed by atoms with van der Waals surface area (Å²) in [6.07, 6.45) is 13.7. The fourth-order valence-corrected chi connectivity index (χ4v) is 13.3. The van der Waals surface area contributed by atoms with Gasteiger partial charge in [0, 0.05) is 85.0 Å². The summed E-state index contributed by atoms with van der Waals surface area (Å²) in [6, 6.07) is 42.2. The quantitative estimate of drug-likeness (QED) is 0.0133. The number of fused-ring (bicyclic) bond motifs is 4. The lowest BCUT2D eigenvalue weighted by molar-refractivity contribution is -0.438. The zero-order chi connectivity index (χ0) is 58.9. The molecule has 0 unspecified atom stereocenters. The Kier molecular flexibility index (Phi) is 19.2. The molecule has 9 rings (SSSR count). The van der Waals surface area contributed by atoms with Gasteiger partial charge >= 0.3 is 0 Å². The van der Waals surface area contributed by atoms with E-state index in [-0.39, 0.29) is 28.9 Å². The highest BCUT2D eigenvalue weighted by atomic mass is 32.2. The van der Waals surface area contributed by atoms with Gasteiger partial charge in [0.05, 0.1) is 21.3 Å². The van der Waals surface area contributed by atoms with Crippen molar-refractivity contribution in [1.29, 1.82) is 0 Å². The number of amides is 1. The molecule has 2 heterocycles. The first kappa shape index (κ1) is 60.6. The SMILES string of the molecule is C=C(C)C(=O)NCCCNCc1c2ccccc2c(CNCc2ccc(OC3=C(/C=C/C4=[N+](CCCCS(=O)(=O)O)c5ccccc5C4(C)C)CCC/C3=C\C=C3\N(CCCCS(=O)(=O)[O-])c4ccccc4C3(C)C)cc2)c2ccccc12. The number of benzene rings is 6. The molecule has 83 heavy (non-hydrogen) atoms. The van der Waals surface area contributed by atoms with Gasteiger partial charge in [-0.3, -0.25) is 9.35 Å². The molecule has 0 saturated carbocycles. The monoisotopic (exact) mass is 1160 g/mol. The Balaban J connectivity index is 0.997. The van der Waals surface area contributed by atoms with E-state index in [0.717, 1.165) is 77.5 Å². The summed E-state index contributed by atoms with van der Waals surface area (Å²) in [4.78, 5) is 14.2. The van der Waals surface area contributed by atoms with Gasteiger partial charge in [-0.2, -0.15) is 13.0 Å². The molecule has 0 fully saturated rings. The van der Waals surface area contributed by atoms with Crippen LogP contribution < -0.4 is 25.6 Å². The molecule has 13 nitrogen and oxygen atoms in total. The van der Waals surface area contributed by atoms with E-state index >= 15 is 0 Å². The first-order valence-corrected chi connectivity index (χ1v) is 32.3. The van der Waals surface area contributed by atoms with E-state index < -0.39 is 26.0 Å². The average molecular weight is 1160 g/mol. The molecule has 1 amide bonds. The third-order valence-electron chi connectivity index (χ3n) is 16.5. The number of para-hydroxylation sites is 2. The molecular formula is C68H79N5O8S2. The van der Waals surface area contributed by atoms with Crippen LogP contribution in [0.3, 0.4) is 0 Å². The van der Waals surface area contributed by atoms with Crippen LogP contribution in [0.4, 0.5) is 11.4 Å². The maximum Gasteiger partial charge on any atom is 0.264 e. The second-order valence-corrected chi connectivity index (χ2v) is 26.3. The van der Waals surface area contributed by atoms with E-state index in [1.165, 1.54) is 43.8 Å². The van der Waals surface area contributed by atoms with Gasteiger partial charge in [0.25, 0.3) is 10.1 Å². The molecule has 15 heteroatoms. The zero-order valence-corrected chi connectivity index (χ0v) is 50.2. The molecule has 6 aromatic rings. The third kappa shape index (κ3) is 14.5. The molecule has 0 radical (unpaired) electrons. The molecule has 1 aliphatic carbocycles. The second kappa shape index (κ2) is 26.3. The Hall–Kier alpha value is -6.98. The van der Waals surface area contributed by atoms with E-state index in [0.29, 0.717) is 69.9 Å². The molecule has 436 valence electrons. The number of nitrogens with zero attached hydrogens (tertiary/aromatic N) is 2. The number of rotatable bonds is 26. The lowest BCUT2D eigenvalue weighted by atomic mass is 9.81. The molecule has 0 saturated heterocycles. The van der Waals surface area contributed by atoms with Crippen LogP contribution in [0, 0.1) is 0 Å². The number of ether oxygens (including phenoxy) is 1. The van der Waals surface area contributed by atoms with Crippen LogP contribution in [0.5, 0.6) is 5.75 Å². The Morgan fingerprint density at radius 2 is 1.31 bits per heavy atom. The molecule has 0 atom stereocenters. The molecule has 0 spiro atoms. The topological polar surface area (TPSA) is 180 Å². The number of hydrogen-bond acceptors (Lipinski definition) is 10. The summed E-state index contributed by atoms with van der Waals surface area (Å²) in [5, 5.41) is 15.2. The van der Waals surface area contributed by atoms with Crippen LogP contribution in [0.2, 0.25) is 0 Å². The van der Waals surface area contributed by atoms with E-state index in [9.17, 15) is 30.7 Å². The van der Waals surface area contributed by atoms with Gasteiger partial charge in [-0.05, 0) is 158 Å². The standard InChI is InChI=1S/C68H79N5O8S2/c1-48(2)66(74)71-40-20-39-69-46-57-53-23-7-9-25-55(53)58(56-26-10-8-24-54(56)57)47-70-45-49-31-35-52(36-32-49)81-65-50(33-37-63-67(3,4)59-27-11-13-29-61(59)72(63)41-15-17-43-82(75,76)77)21-19-22-51(65)34-38-64-68(5,6)60-28-12-14-30-62(60)73(64)42-16-18-44-83(78,79)80/h7-14,23-38,69-70H,1,15-22,39-47H2,2-6H3,(H2-,71,74,75,76,77,78,79,80). The van der Waals surface area contributed by atoms with Crippen LogP contribution in [-0.4, -0.2) is 79.8 Å². The van der Waals surface area contributed by atoms with Gasteiger partial charge in [-0.25, -0.2) is 8.42 Å². The van der Waals surface area contributed by atoms with E-state index in [1.54, 1.807) is 6.92 Å². The summed E-state index contributed by atoms with van der Waals surface area (Å²) < 4.78 is 76.9. The first-order chi connectivity index (χ1) is 39.7. The van der Waals surface area contributed by atoms with Gasteiger partial charge in [0.2, 0.25) is 11.6 Å². The second-order valence-electron chi connectivity index (χ2n) is 23.2. The van der Waals surface area contributed by atoms with Crippen molar-refractivity contribution in [1.82, 2.24) is 16.0 Å². The van der Waals surface area contributed by atoms with Crippen molar-refractivity contribution in [2.24, 2.45) is 0 Å². The maximum atomic E-state index is 12.0. The fourth-order valence-electron chi connectivity index (χ4n) is 12.2. The lowest BCUT2D eigenvalue weighted by Gasteiger charge is -2.27. The number of hydrogen-bond donors (Lipinski definition) is 4. The van der Waals surface area contributed by atoms with Crippen molar-refractivity contribution in [3.05, 3.63) is 208 Å². The highest BCUT2D eigenvalue weighted by Crippen LogP contribution is 2.48. The van der Waals surface area contributed by atoms with Crippen molar-refractivity contribution >= 4 is 64.8 Å². The largest absolute Gasteiger partial charge is 0.748 e. The third-order valence-corrected chi connectivity index (χ3v) is 18.0. The summed E-state index contributed by atoms with van der Waals surface area (Å²) >= 11 is 0. The summed E-state index contributed by atoms with van der Waals surface area (Å²) in [7, 11) is -8.40. The number of unbranched alkanes of at least 4 members (excludes halogenated alkanes) is 2. The normalized spacial score (nSPS) is 16.9. The predicted octanol–water partition coefficient (Wildman–Crippen LogP) is 12.5. The molecular weight excluding hydrogens is 1080 g/mol. The molecule has 6 aromatic carbocycles. The van der Waals surface area contributed by atoms with Gasteiger partial charge in [0.15, 0.2) is 5.71 Å². The highest BCUT2D eigenvalue weighted by molar-refractivity contribution is 7.85. The highest BCUT2D eigenvalue weighted by Gasteiger charge is 2.44. The van der Waals surface area contributed by atoms with Crippen molar-refractivity contribution < 1.29 is 40.0 Å². The smallest absolute Gasteiger partial charge is 0.264 e. The molecule has 4 N–H and O–H groups in total. The number of anilines is 1. The van der Waals surface area contributed by atoms with Gasteiger partial charge < -0.3 is 30.1 Å². The maximum absolute atomic E-state index is 12.0. The van der Waals surface area contributed by atoms with Crippen molar-refractivity contribution in [2.45, 2.75) is 116 Å². The van der Waals surface area contributed by atoms with Gasteiger partial charge in [-0.1, -0.05) is 124 Å².